The summed E-state index contributed by atoms with van der Waals surface area (Å²) in [6.45, 7) is 5.50. The van der Waals surface area contributed by atoms with Crippen LogP contribution < -0.4 is 25.6 Å². The third-order valence-electron chi connectivity index (χ3n) is 3.99. The van der Waals surface area contributed by atoms with E-state index in [1.54, 1.807) is 51.1 Å². The van der Waals surface area contributed by atoms with Gasteiger partial charge in [-0.3, -0.25) is 25.2 Å². The average Bonchev–Trinajstić information content (AvgIpc) is 3.13. The SMILES string of the molecule is CC(C)(C)C(=O)Nc1cccc(C(=O)NNC(=O)c2ccc3c(c2)OCO3)c1. The maximum atomic E-state index is 12.3. The summed E-state index contributed by atoms with van der Waals surface area (Å²) < 4.78 is 10.4. The van der Waals surface area contributed by atoms with Crippen LogP contribution in [0.2, 0.25) is 0 Å². The third kappa shape index (κ3) is 4.40. The van der Waals surface area contributed by atoms with Crippen LogP contribution in [0.3, 0.4) is 0 Å². The van der Waals surface area contributed by atoms with E-state index < -0.39 is 17.2 Å². The Kier molecular flexibility index (Phi) is 5.21. The number of nitrogens with one attached hydrogen (secondary N) is 3. The van der Waals surface area contributed by atoms with Gasteiger partial charge in [-0.05, 0) is 36.4 Å². The second-order valence-electron chi connectivity index (χ2n) is 7.26. The first-order chi connectivity index (χ1) is 13.2. The van der Waals surface area contributed by atoms with E-state index in [9.17, 15) is 14.4 Å². The lowest BCUT2D eigenvalue weighted by Crippen LogP contribution is -2.41. The van der Waals surface area contributed by atoms with Crippen LogP contribution >= 0.6 is 0 Å². The van der Waals surface area contributed by atoms with Crippen molar-refractivity contribution in [3.63, 3.8) is 0 Å². The fourth-order valence-corrected chi connectivity index (χ4v) is 2.35. The molecule has 0 atom stereocenters. The molecule has 0 saturated carbocycles. The minimum atomic E-state index is -0.559. The Labute approximate surface area is 162 Å². The number of amides is 3. The number of hydrogen-bond donors (Lipinski definition) is 3. The summed E-state index contributed by atoms with van der Waals surface area (Å²) in [5.74, 6) is -0.137. The Hall–Kier alpha value is -3.55. The van der Waals surface area contributed by atoms with E-state index in [-0.39, 0.29) is 18.3 Å². The fraction of sp³-hybridized carbons (Fsp3) is 0.250. The van der Waals surface area contributed by atoms with Gasteiger partial charge in [-0.15, -0.1) is 0 Å². The van der Waals surface area contributed by atoms with Crippen LogP contribution in [0.15, 0.2) is 42.5 Å². The molecule has 0 fully saturated rings. The van der Waals surface area contributed by atoms with E-state index >= 15 is 0 Å². The van der Waals surface area contributed by atoms with Crippen molar-refractivity contribution in [2.45, 2.75) is 20.8 Å². The van der Waals surface area contributed by atoms with Gasteiger partial charge in [-0.25, -0.2) is 0 Å². The van der Waals surface area contributed by atoms with Gasteiger partial charge in [0.25, 0.3) is 11.8 Å². The Bertz CT molecular complexity index is 934. The van der Waals surface area contributed by atoms with Gasteiger partial charge in [0.1, 0.15) is 0 Å². The first-order valence-corrected chi connectivity index (χ1v) is 8.66. The maximum Gasteiger partial charge on any atom is 0.269 e. The standard InChI is InChI=1S/C20H21N3O5/c1-20(2,3)19(26)21-14-6-4-5-12(9-14)17(24)22-23-18(25)13-7-8-15-16(10-13)28-11-27-15/h4-10H,11H2,1-3H3,(H,21,26)(H,22,24)(H,23,25). The van der Waals surface area contributed by atoms with Crippen molar-refractivity contribution in [1.29, 1.82) is 0 Å². The summed E-state index contributed by atoms with van der Waals surface area (Å²) in [5, 5.41) is 2.76. The minimum absolute atomic E-state index is 0.110. The van der Waals surface area contributed by atoms with Gasteiger partial charge in [-0.1, -0.05) is 26.8 Å². The highest BCUT2D eigenvalue weighted by Crippen LogP contribution is 2.32. The van der Waals surface area contributed by atoms with Crippen molar-refractivity contribution >= 4 is 23.4 Å². The second-order valence-corrected chi connectivity index (χ2v) is 7.26. The van der Waals surface area contributed by atoms with E-state index in [1.165, 1.54) is 12.1 Å². The van der Waals surface area contributed by atoms with E-state index in [0.29, 0.717) is 22.7 Å². The molecule has 3 N–H and O–H groups in total. The van der Waals surface area contributed by atoms with Crippen molar-refractivity contribution < 1.29 is 23.9 Å². The Morgan fingerprint density at radius 3 is 2.18 bits per heavy atom. The van der Waals surface area contributed by atoms with E-state index in [1.807, 2.05) is 0 Å². The zero-order chi connectivity index (χ0) is 20.3. The molecule has 1 heterocycles. The van der Waals surface area contributed by atoms with E-state index in [0.717, 1.165) is 0 Å². The molecule has 1 aliphatic heterocycles. The molecule has 0 radical (unpaired) electrons. The van der Waals surface area contributed by atoms with Gasteiger partial charge < -0.3 is 14.8 Å². The van der Waals surface area contributed by atoms with Gasteiger partial charge >= 0.3 is 0 Å². The van der Waals surface area contributed by atoms with E-state index in [2.05, 4.69) is 16.2 Å². The first kappa shape index (κ1) is 19.2. The number of anilines is 1. The average molecular weight is 383 g/mol. The highest BCUT2D eigenvalue weighted by molar-refractivity contribution is 6.01. The van der Waals surface area contributed by atoms with Crippen molar-refractivity contribution in [1.82, 2.24) is 10.9 Å². The number of hydrazine groups is 1. The van der Waals surface area contributed by atoms with Crippen LogP contribution in [0.5, 0.6) is 11.5 Å². The largest absolute Gasteiger partial charge is 0.454 e. The quantitative estimate of drug-likeness (QED) is 0.706. The molecule has 0 saturated heterocycles. The summed E-state index contributed by atoms with van der Waals surface area (Å²) in [4.78, 5) is 36.6. The normalized spacial score (nSPS) is 12.2. The molecule has 0 spiro atoms. The van der Waals surface area contributed by atoms with Crippen molar-refractivity contribution in [3.05, 3.63) is 53.6 Å². The molecular formula is C20H21N3O5. The highest BCUT2D eigenvalue weighted by Gasteiger charge is 2.21. The maximum absolute atomic E-state index is 12.3. The number of carbonyl (C=O) groups excluding carboxylic acids is 3. The number of carbonyl (C=O) groups is 3. The zero-order valence-corrected chi connectivity index (χ0v) is 15.8. The molecule has 146 valence electrons. The fourth-order valence-electron chi connectivity index (χ4n) is 2.35. The summed E-state index contributed by atoms with van der Waals surface area (Å²) >= 11 is 0. The number of hydrogen-bond acceptors (Lipinski definition) is 5. The predicted molar refractivity (Wildman–Crippen MR) is 102 cm³/mol. The molecule has 0 aliphatic carbocycles. The van der Waals surface area contributed by atoms with Crippen LogP contribution in [-0.2, 0) is 4.79 Å². The highest BCUT2D eigenvalue weighted by atomic mass is 16.7. The predicted octanol–water partition coefficient (Wildman–Crippen LogP) is 2.47. The van der Waals surface area contributed by atoms with Crippen LogP contribution in [0.25, 0.3) is 0 Å². The lowest BCUT2D eigenvalue weighted by molar-refractivity contribution is -0.123. The Balaban J connectivity index is 1.61. The van der Waals surface area contributed by atoms with Crippen molar-refractivity contribution in [2.75, 3.05) is 12.1 Å². The van der Waals surface area contributed by atoms with E-state index in [4.69, 9.17) is 9.47 Å². The molecule has 3 rings (SSSR count). The topological polar surface area (TPSA) is 106 Å². The first-order valence-electron chi connectivity index (χ1n) is 8.66. The van der Waals surface area contributed by atoms with Gasteiger partial charge in [-0.2, -0.15) is 0 Å². The number of fused-ring (bicyclic) bond motifs is 1. The van der Waals surface area contributed by atoms with Gasteiger partial charge in [0, 0.05) is 22.2 Å². The smallest absolute Gasteiger partial charge is 0.269 e. The van der Waals surface area contributed by atoms with Crippen molar-refractivity contribution in [3.8, 4) is 11.5 Å². The number of benzene rings is 2. The molecule has 0 unspecified atom stereocenters. The molecule has 3 amide bonds. The zero-order valence-electron chi connectivity index (χ0n) is 15.8. The molecule has 0 aromatic heterocycles. The Morgan fingerprint density at radius 2 is 1.50 bits per heavy atom. The summed E-state index contributed by atoms with van der Waals surface area (Å²) in [6, 6.07) is 11.2. The summed E-state index contributed by atoms with van der Waals surface area (Å²) in [5.41, 5.74) is 5.24. The number of ether oxygens (including phenoxy) is 2. The number of rotatable bonds is 3. The Morgan fingerprint density at radius 1 is 0.857 bits per heavy atom. The molecule has 8 heteroatoms. The third-order valence-corrected chi connectivity index (χ3v) is 3.99. The van der Waals surface area contributed by atoms with Gasteiger partial charge in [0.2, 0.25) is 12.7 Å². The minimum Gasteiger partial charge on any atom is -0.454 e. The molecule has 1 aliphatic rings. The summed E-state index contributed by atoms with van der Waals surface area (Å²) in [7, 11) is 0. The van der Waals surface area contributed by atoms with Crippen molar-refractivity contribution in [2.24, 2.45) is 5.41 Å². The second kappa shape index (κ2) is 7.59. The molecule has 0 bridgehead atoms. The monoisotopic (exact) mass is 383 g/mol. The van der Waals surface area contributed by atoms with Gasteiger partial charge in [0.05, 0.1) is 0 Å². The van der Waals surface area contributed by atoms with Crippen LogP contribution in [0.4, 0.5) is 5.69 Å². The summed E-state index contributed by atoms with van der Waals surface area (Å²) in [6.07, 6.45) is 0. The molecule has 8 nitrogen and oxygen atoms in total. The van der Waals surface area contributed by atoms with Gasteiger partial charge in [0.15, 0.2) is 11.5 Å². The molecule has 2 aromatic carbocycles. The molecular weight excluding hydrogens is 362 g/mol. The van der Waals surface area contributed by atoms with Crippen LogP contribution in [0, 0.1) is 5.41 Å². The molecule has 2 aromatic rings. The lowest BCUT2D eigenvalue weighted by Gasteiger charge is -2.18. The molecule has 28 heavy (non-hydrogen) atoms. The van der Waals surface area contributed by atoms with Crippen LogP contribution in [-0.4, -0.2) is 24.5 Å². The van der Waals surface area contributed by atoms with Crippen LogP contribution in [0.1, 0.15) is 41.5 Å². The lowest BCUT2D eigenvalue weighted by atomic mass is 9.95.